The van der Waals surface area contributed by atoms with E-state index >= 15 is 0 Å². The molecule has 0 aliphatic carbocycles. The predicted molar refractivity (Wildman–Crippen MR) is 109 cm³/mol. The van der Waals surface area contributed by atoms with E-state index in [2.05, 4.69) is 29.9 Å². The Morgan fingerprint density at radius 2 is 1.94 bits per heavy atom. The lowest BCUT2D eigenvalue weighted by molar-refractivity contribution is 0.0599. The molecule has 0 atom stereocenters. The Labute approximate surface area is 176 Å². The van der Waals surface area contributed by atoms with Gasteiger partial charge >= 0.3 is 11.9 Å². The van der Waals surface area contributed by atoms with E-state index in [9.17, 15) is 9.59 Å². The van der Waals surface area contributed by atoms with Crippen LogP contribution in [-0.4, -0.2) is 58.5 Å². The molecular weight excluding hydrogens is 404 g/mol. The van der Waals surface area contributed by atoms with Gasteiger partial charge < -0.3 is 15.6 Å². The zero-order chi connectivity index (χ0) is 22.7. The van der Waals surface area contributed by atoms with Crippen molar-refractivity contribution in [1.82, 2.24) is 34.3 Å². The number of pyridine rings is 1. The molecule has 3 N–H and O–H groups in total. The average Bonchev–Trinajstić information content (AvgIpc) is 3.30. The quantitative estimate of drug-likeness (QED) is 0.458. The van der Waals surface area contributed by atoms with E-state index < -0.39 is 11.9 Å². The van der Waals surface area contributed by atoms with Gasteiger partial charge in [0.05, 0.1) is 41.5 Å². The van der Waals surface area contributed by atoms with Gasteiger partial charge in [0, 0.05) is 19.4 Å². The molecule has 0 spiro atoms. The molecule has 31 heavy (non-hydrogen) atoms. The topological polar surface area (TPSA) is 163 Å². The monoisotopic (exact) mass is 424 g/mol. The highest BCUT2D eigenvalue weighted by Gasteiger charge is 2.20. The number of fused-ring (bicyclic) bond motifs is 1. The van der Waals surface area contributed by atoms with Crippen LogP contribution >= 0.6 is 0 Å². The molecule has 160 valence electrons. The molecule has 0 fully saturated rings. The molecule has 0 aliphatic heterocycles. The fourth-order valence-corrected chi connectivity index (χ4v) is 2.80. The first-order valence-corrected chi connectivity index (χ1v) is 8.97. The second-order valence-corrected chi connectivity index (χ2v) is 6.46. The molecule has 0 saturated heterocycles. The molecule has 12 heteroatoms. The maximum atomic E-state index is 11.2. The van der Waals surface area contributed by atoms with Gasteiger partial charge in [0.2, 0.25) is 5.95 Å². The Hall–Kier alpha value is -4.35. The van der Waals surface area contributed by atoms with Crippen LogP contribution in [0.5, 0.6) is 0 Å². The maximum absolute atomic E-state index is 11.2. The zero-order valence-corrected chi connectivity index (χ0v) is 17.3. The number of aromatic carboxylic acids is 1. The highest BCUT2D eigenvalue weighted by molar-refractivity contribution is 5.93. The van der Waals surface area contributed by atoms with Gasteiger partial charge in [-0.05, 0) is 26.0 Å². The molecule has 0 aromatic carbocycles. The number of ether oxygens (including phenoxy) is 1. The first kappa shape index (κ1) is 21.4. The molecule has 0 radical (unpaired) electrons. The SMILES string of the molecule is COC(=O)c1ccn2nc(N)nc2c1.Cc1cnc(C)c(-c2cnn(C)c2C(=O)O)n1. The number of carboxylic acids is 1. The number of nitrogens with zero attached hydrogens (tertiary/aromatic N) is 7. The minimum atomic E-state index is -1.03. The van der Waals surface area contributed by atoms with E-state index in [-0.39, 0.29) is 11.6 Å². The average molecular weight is 424 g/mol. The number of nitrogens with two attached hydrogens (primary N) is 1. The van der Waals surface area contributed by atoms with Crippen molar-refractivity contribution in [3.63, 3.8) is 0 Å². The van der Waals surface area contributed by atoms with Crippen LogP contribution in [0, 0.1) is 13.8 Å². The van der Waals surface area contributed by atoms with E-state index in [0.29, 0.717) is 28.2 Å². The van der Waals surface area contributed by atoms with Crippen molar-refractivity contribution in [2.24, 2.45) is 7.05 Å². The molecule has 4 heterocycles. The van der Waals surface area contributed by atoms with Gasteiger partial charge in [-0.1, -0.05) is 0 Å². The van der Waals surface area contributed by atoms with Crippen molar-refractivity contribution in [1.29, 1.82) is 0 Å². The normalized spacial score (nSPS) is 10.5. The number of hydrogen-bond donors (Lipinski definition) is 2. The summed E-state index contributed by atoms with van der Waals surface area (Å²) in [5.74, 6) is -1.26. The summed E-state index contributed by atoms with van der Waals surface area (Å²) in [6, 6.07) is 3.15. The molecular formula is C19H20N8O4. The summed E-state index contributed by atoms with van der Waals surface area (Å²) in [7, 11) is 2.91. The summed E-state index contributed by atoms with van der Waals surface area (Å²) >= 11 is 0. The summed E-state index contributed by atoms with van der Waals surface area (Å²) in [6.45, 7) is 3.60. The van der Waals surface area contributed by atoms with Crippen molar-refractivity contribution in [3.05, 3.63) is 53.4 Å². The van der Waals surface area contributed by atoms with Crippen LogP contribution in [0.3, 0.4) is 0 Å². The van der Waals surface area contributed by atoms with E-state index in [0.717, 1.165) is 5.69 Å². The van der Waals surface area contributed by atoms with Gasteiger partial charge in [0.15, 0.2) is 11.3 Å². The molecule has 0 saturated carbocycles. The van der Waals surface area contributed by atoms with Gasteiger partial charge in [0.25, 0.3) is 0 Å². The summed E-state index contributed by atoms with van der Waals surface area (Å²) in [6.07, 6.45) is 4.75. The fourth-order valence-electron chi connectivity index (χ4n) is 2.80. The number of esters is 1. The van der Waals surface area contributed by atoms with Gasteiger partial charge in [-0.2, -0.15) is 10.1 Å². The summed E-state index contributed by atoms with van der Waals surface area (Å²) in [5, 5.41) is 17.0. The van der Waals surface area contributed by atoms with Crippen molar-refractivity contribution in [2.75, 3.05) is 12.8 Å². The molecule has 4 aromatic rings. The number of carboxylic acid groups (broad SMARTS) is 1. The van der Waals surface area contributed by atoms with Crippen molar-refractivity contribution in [2.45, 2.75) is 13.8 Å². The van der Waals surface area contributed by atoms with Crippen LogP contribution in [0.15, 0.2) is 30.7 Å². The number of carbonyl (C=O) groups excluding carboxylic acids is 1. The second kappa shape index (κ2) is 8.57. The van der Waals surface area contributed by atoms with Crippen LogP contribution in [0.1, 0.15) is 32.2 Å². The Morgan fingerprint density at radius 1 is 1.19 bits per heavy atom. The number of rotatable bonds is 3. The lowest BCUT2D eigenvalue weighted by Crippen LogP contribution is -2.08. The van der Waals surface area contributed by atoms with Crippen molar-refractivity contribution in [3.8, 4) is 11.3 Å². The standard InChI is InChI=1S/C11H12N4O2.C8H8N4O2/c1-6-4-12-7(2)9(14-6)8-5-13-15(3)10(8)11(16)17;1-14-7(13)5-2-3-12-6(4-5)10-8(9)11-12/h4-5H,1-3H3,(H,16,17);2-4H,1H3,(H2,9,11). The van der Waals surface area contributed by atoms with Crippen LogP contribution in [0.2, 0.25) is 0 Å². The van der Waals surface area contributed by atoms with Crippen LogP contribution < -0.4 is 5.73 Å². The van der Waals surface area contributed by atoms with E-state index in [1.807, 2.05) is 6.92 Å². The zero-order valence-electron chi connectivity index (χ0n) is 17.3. The van der Waals surface area contributed by atoms with Crippen LogP contribution in [-0.2, 0) is 11.8 Å². The lowest BCUT2D eigenvalue weighted by Gasteiger charge is -2.04. The number of aryl methyl sites for hydroxylation is 3. The molecule has 12 nitrogen and oxygen atoms in total. The third kappa shape index (κ3) is 4.47. The first-order valence-electron chi connectivity index (χ1n) is 8.97. The van der Waals surface area contributed by atoms with Crippen molar-refractivity contribution < 1.29 is 19.4 Å². The predicted octanol–water partition coefficient (Wildman–Crippen LogP) is 1.29. The minimum Gasteiger partial charge on any atom is -0.477 e. The molecule has 4 aromatic heterocycles. The fraction of sp³-hybridized carbons (Fsp3) is 0.211. The smallest absolute Gasteiger partial charge is 0.354 e. The summed E-state index contributed by atoms with van der Waals surface area (Å²) in [5.41, 5.74) is 8.94. The molecule has 0 unspecified atom stereocenters. The molecule has 4 rings (SSSR count). The number of methoxy groups -OCH3 is 1. The number of anilines is 1. The molecule has 0 bridgehead atoms. The number of carbonyl (C=O) groups is 2. The number of aromatic nitrogens is 7. The highest BCUT2D eigenvalue weighted by atomic mass is 16.5. The van der Waals surface area contributed by atoms with E-state index in [4.69, 9.17) is 10.8 Å². The highest BCUT2D eigenvalue weighted by Crippen LogP contribution is 2.23. The van der Waals surface area contributed by atoms with Gasteiger partial charge in [-0.3, -0.25) is 9.67 Å². The Morgan fingerprint density at radius 3 is 2.61 bits per heavy atom. The Kier molecular flexibility index (Phi) is 5.90. The van der Waals surface area contributed by atoms with Crippen LogP contribution in [0.25, 0.3) is 16.9 Å². The van der Waals surface area contributed by atoms with E-state index in [1.165, 1.54) is 22.5 Å². The lowest BCUT2D eigenvalue weighted by atomic mass is 10.1. The minimum absolute atomic E-state index is 0.119. The van der Waals surface area contributed by atoms with Gasteiger partial charge in [-0.25, -0.2) is 19.1 Å². The van der Waals surface area contributed by atoms with Crippen LogP contribution in [0.4, 0.5) is 5.95 Å². The Balaban J connectivity index is 0.000000179. The number of nitrogen functional groups attached to an aromatic ring is 1. The Bertz CT molecular complexity index is 1280. The third-order valence-corrected chi connectivity index (χ3v) is 4.25. The number of hydrogen-bond acceptors (Lipinski definition) is 9. The molecule has 0 amide bonds. The van der Waals surface area contributed by atoms with E-state index in [1.54, 1.807) is 38.5 Å². The van der Waals surface area contributed by atoms with Crippen molar-refractivity contribution >= 4 is 23.5 Å². The summed E-state index contributed by atoms with van der Waals surface area (Å²) in [4.78, 5) is 34.7. The first-order chi connectivity index (χ1) is 14.7. The second-order valence-electron chi connectivity index (χ2n) is 6.46. The molecule has 0 aliphatic rings. The van der Waals surface area contributed by atoms with Gasteiger partial charge in [0.1, 0.15) is 0 Å². The largest absolute Gasteiger partial charge is 0.477 e. The summed E-state index contributed by atoms with van der Waals surface area (Å²) < 4.78 is 7.37. The maximum Gasteiger partial charge on any atom is 0.354 e. The van der Waals surface area contributed by atoms with Gasteiger partial charge in [-0.15, -0.1) is 5.10 Å². The third-order valence-electron chi connectivity index (χ3n) is 4.25.